The first-order valence-electron chi connectivity index (χ1n) is 8.78. The first-order valence-corrected chi connectivity index (χ1v) is 11.4. The van der Waals surface area contributed by atoms with Gasteiger partial charge in [-0.05, 0) is 31.1 Å². The van der Waals surface area contributed by atoms with Gasteiger partial charge >= 0.3 is 0 Å². The molecule has 27 heavy (non-hydrogen) atoms. The highest BCUT2D eigenvalue weighted by molar-refractivity contribution is 7.91. The molecule has 1 aromatic rings. The van der Waals surface area contributed by atoms with Crippen molar-refractivity contribution in [2.75, 3.05) is 39.3 Å². The number of rotatable bonds is 4. The molecule has 10 heteroatoms. The summed E-state index contributed by atoms with van der Waals surface area (Å²) in [5.41, 5.74) is 0. The molecule has 3 rings (SSSR count). The third-order valence-electron chi connectivity index (χ3n) is 5.02. The zero-order valence-electron chi connectivity index (χ0n) is 14.8. The monoisotopic (exact) mass is 431 g/mol. The van der Waals surface area contributed by atoms with Crippen LogP contribution in [0.5, 0.6) is 0 Å². The van der Waals surface area contributed by atoms with Crippen molar-refractivity contribution in [3.63, 3.8) is 0 Å². The molecular weight excluding hydrogens is 410 g/mol. The molecule has 0 N–H and O–H groups in total. The lowest BCUT2D eigenvalue weighted by Crippen LogP contribution is -2.53. The van der Waals surface area contributed by atoms with E-state index in [0.717, 1.165) is 11.3 Å². The number of hydrogen-bond acceptors (Lipinski definition) is 5. The molecule has 3 heterocycles. The topological polar surface area (TPSA) is 78.0 Å². The van der Waals surface area contributed by atoms with Crippen LogP contribution in [0.4, 0.5) is 0 Å². The molecule has 2 aliphatic heterocycles. The first-order chi connectivity index (χ1) is 12.8. The van der Waals surface area contributed by atoms with Gasteiger partial charge in [0, 0.05) is 45.2 Å². The molecule has 0 bridgehead atoms. The molecule has 2 aliphatic rings. The standard InChI is InChI=1S/C17H22ClN3O4S2/c1-2-15(22)19-7-5-13(6-8-19)17(23)20-9-11-21(12-10-20)27(24,25)16-4-3-14(18)26-16/h2-4,13H,1,5-12H2. The van der Waals surface area contributed by atoms with Crippen molar-refractivity contribution in [1.82, 2.24) is 14.1 Å². The van der Waals surface area contributed by atoms with Crippen LogP contribution < -0.4 is 0 Å². The van der Waals surface area contributed by atoms with Gasteiger partial charge < -0.3 is 9.80 Å². The molecule has 2 amide bonds. The van der Waals surface area contributed by atoms with Crippen LogP contribution in [0.1, 0.15) is 12.8 Å². The summed E-state index contributed by atoms with van der Waals surface area (Å²) in [5, 5.41) is 0. The maximum atomic E-state index is 12.7. The van der Waals surface area contributed by atoms with E-state index in [0.29, 0.717) is 43.4 Å². The lowest BCUT2D eigenvalue weighted by Gasteiger charge is -2.37. The molecule has 0 saturated carbocycles. The third-order valence-corrected chi connectivity index (χ3v) is 8.62. The van der Waals surface area contributed by atoms with E-state index in [1.54, 1.807) is 15.9 Å². The van der Waals surface area contributed by atoms with Crippen molar-refractivity contribution in [1.29, 1.82) is 0 Å². The predicted octanol–water partition coefficient (Wildman–Crippen LogP) is 1.66. The molecule has 0 atom stereocenters. The second-order valence-corrected chi connectivity index (χ2v) is 10.5. The minimum Gasteiger partial charge on any atom is -0.340 e. The summed E-state index contributed by atoms with van der Waals surface area (Å²) in [5.74, 6) is -0.163. The van der Waals surface area contributed by atoms with E-state index < -0.39 is 10.0 Å². The fourth-order valence-corrected chi connectivity index (χ4v) is 6.51. The van der Waals surface area contributed by atoms with Gasteiger partial charge in [-0.1, -0.05) is 18.2 Å². The summed E-state index contributed by atoms with van der Waals surface area (Å²) in [4.78, 5) is 27.8. The molecule has 1 aromatic heterocycles. The number of nitrogens with zero attached hydrogens (tertiary/aromatic N) is 3. The predicted molar refractivity (Wildman–Crippen MR) is 104 cm³/mol. The molecule has 148 valence electrons. The number of likely N-dealkylation sites (tertiary alicyclic amines) is 1. The summed E-state index contributed by atoms with van der Waals surface area (Å²) in [7, 11) is -3.56. The molecule has 0 unspecified atom stereocenters. The molecule has 2 fully saturated rings. The fourth-order valence-electron chi connectivity index (χ4n) is 3.45. The minimum atomic E-state index is -3.56. The van der Waals surface area contributed by atoms with Gasteiger partial charge in [0.2, 0.25) is 11.8 Å². The van der Waals surface area contributed by atoms with Gasteiger partial charge in [-0.3, -0.25) is 9.59 Å². The molecule has 0 radical (unpaired) electrons. The highest BCUT2D eigenvalue weighted by Gasteiger charge is 2.34. The Morgan fingerprint density at radius 1 is 1.07 bits per heavy atom. The average Bonchev–Trinajstić information content (AvgIpc) is 3.14. The highest BCUT2D eigenvalue weighted by Crippen LogP contribution is 2.29. The van der Waals surface area contributed by atoms with Crippen LogP contribution in [0.15, 0.2) is 29.0 Å². The summed E-state index contributed by atoms with van der Waals surface area (Å²) in [6.45, 7) is 5.89. The smallest absolute Gasteiger partial charge is 0.252 e. The maximum Gasteiger partial charge on any atom is 0.252 e. The van der Waals surface area contributed by atoms with Crippen LogP contribution in [0.2, 0.25) is 4.34 Å². The van der Waals surface area contributed by atoms with Crippen LogP contribution in [0.3, 0.4) is 0 Å². The van der Waals surface area contributed by atoms with E-state index in [4.69, 9.17) is 11.6 Å². The van der Waals surface area contributed by atoms with Gasteiger partial charge in [-0.15, -0.1) is 11.3 Å². The van der Waals surface area contributed by atoms with Crippen molar-refractivity contribution in [2.24, 2.45) is 5.92 Å². The van der Waals surface area contributed by atoms with Crippen molar-refractivity contribution in [2.45, 2.75) is 17.1 Å². The third kappa shape index (κ3) is 4.37. The second kappa shape index (κ2) is 8.30. The van der Waals surface area contributed by atoms with Gasteiger partial charge in [-0.25, -0.2) is 8.42 Å². The van der Waals surface area contributed by atoms with Gasteiger partial charge in [0.05, 0.1) is 4.34 Å². The lowest BCUT2D eigenvalue weighted by molar-refractivity contribution is -0.140. The number of piperazine rings is 1. The van der Waals surface area contributed by atoms with Crippen molar-refractivity contribution >= 4 is 44.8 Å². The van der Waals surface area contributed by atoms with E-state index >= 15 is 0 Å². The Morgan fingerprint density at radius 3 is 2.22 bits per heavy atom. The van der Waals surface area contributed by atoms with Crippen molar-refractivity contribution in [3.05, 3.63) is 29.1 Å². The largest absolute Gasteiger partial charge is 0.340 e. The van der Waals surface area contributed by atoms with Gasteiger partial charge in [0.25, 0.3) is 10.0 Å². The zero-order chi connectivity index (χ0) is 19.6. The van der Waals surface area contributed by atoms with Crippen molar-refractivity contribution < 1.29 is 18.0 Å². The summed E-state index contributed by atoms with van der Waals surface area (Å²) >= 11 is 6.89. The number of halogens is 1. The quantitative estimate of drug-likeness (QED) is 0.679. The normalized spacial score (nSPS) is 19.9. The Hall–Kier alpha value is -1.42. The van der Waals surface area contributed by atoms with Crippen LogP contribution in [-0.4, -0.2) is 73.6 Å². The average molecular weight is 432 g/mol. The van der Waals surface area contributed by atoms with Crippen LogP contribution in [0, 0.1) is 5.92 Å². The maximum absolute atomic E-state index is 12.7. The highest BCUT2D eigenvalue weighted by atomic mass is 35.5. The molecule has 0 aromatic carbocycles. The summed E-state index contributed by atoms with van der Waals surface area (Å²) in [6, 6.07) is 3.08. The number of thiophene rings is 1. The Labute approximate surface area is 168 Å². The number of carbonyl (C=O) groups is 2. The SMILES string of the molecule is C=CC(=O)N1CCC(C(=O)N2CCN(S(=O)(=O)c3ccc(Cl)s3)CC2)CC1. The summed E-state index contributed by atoms with van der Waals surface area (Å²) < 4.78 is 27.3. The van der Waals surface area contributed by atoms with E-state index in [-0.39, 0.29) is 35.0 Å². The molecule has 2 saturated heterocycles. The number of sulfonamides is 1. The van der Waals surface area contributed by atoms with Crippen LogP contribution >= 0.6 is 22.9 Å². The number of hydrogen-bond donors (Lipinski definition) is 0. The molecule has 0 spiro atoms. The number of carbonyl (C=O) groups excluding carboxylic acids is 2. The van der Waals surface area contributed by atoms with E-state index in [2.05, 4.69) is 6.58 Å². The van der Waals surface area contributed by atoms with Gasteiger partial charge in [0.1, 0.15) is 4.21 Å². The van der Waals surface area contributed by atoms with Crippen molar-refractivity contribution in [3.8, 4) is 0 Å². The molecule has 7 nitrogen and oxygen atoms in total. The van der Waals surface area contributed by atoms with E-state index in [1.165, 1.54) is 16.4 Å². The summed E-state index contributed by atoms with van der Waals surface area (Å²) in [6.07, 6.45) is 2.55. The zero-order valence-corrected chi connectivity index (χ0v) is 17.2. The molecular formula is C17H22ClN3O4S2. The Kier molecular flexibility index (Phi) is 6.25. The fraction of sp³-hybridized carbons (Fsp3) is 0.529. The lowest BCUT2D eigenvalue weighted by atomic mass is 9.95. The Morgan fingerprint density at radius 2 is 1.70 bits per heavy atom. The minimum absolute atomic E-state index is 0.0527. The van der Waals surface area contributed by atoms with E-state index in [1.807, 2.05) is 0 Å². The van der Waals surface area contributed by atoms with Crippen LogP contribution in [0.25, 0.3) is 0 Å². The Balaban J connectivity index is 1.54. The number of amides is 2. The number of piperidine rings is 1. The Bertz CT molecular complexity index is 823. The van der Waals surface area contributed by atoms with Gasteiger partial charge in [0.15, 0.2) is 0 Å². The first kappa shape index (κ1) is 20.3. The van der Waals surface area contributed by atoms with Crippen LogP contribution in [-0.2, 0) is 19.6 Å². The molecule has 0 aliphatic carbocycles. The second-order valence-electron chi connectivity index (χ2n) is 6.59. The van der Waals surface area contributed by atoms with Gasteiger partial charge in [-0.2, -0.15) is 4.31 Å². The van der Waals surface area contributed by atoms with E-state index in [9.17, 15) is 18.0 Å².